The van der Waals surface area contributed by atoms with E-state index in [1.54, 1.807) is 19.4 Å². The summed E-state index contributed by atoms with van der Waals surface area (Å²) in [6, 6.07) is 5.10. The normalized spacial score (nSPS) is 19.5. The van der Waals surface area contributed by atoms with Crippen LogP contribution in [0.15, 0.2) is 30.6 Å². The van der Waals surface area contributed by atoms with E-state index in [0.717, 1.165) is 25.1 Å². The number of nitrogens with zero attached hydrogens (tertiary/aromatic N) is 2. The second kappa shape index (κ2) is 7.03. The first-order valence-corrected chi connectivity index (χ1v) is 9.00. The molecule has 2 aliphatic heterocycles. The minimum Gasteiger partial charge on any atom is -0.492 e. The van der Waals surface area contributed by atoms with Gasteiger partial charge in [-0.15, -0.1) is 0 Å². The van der Waals surface area contributed by atoms with Crippen molar-refractivity contribution in [3.8, 4) is 16.9 Å². The van der Waals surface area contributed by atoms with E-state index in [0.29, 0.717) is 47.9 Å². The number of fused-ring (bicyclic) bond motifs is 1. The zero-order chi connectivity index (χ0) is 18.1. The Kier molecular flexibility index (Phi) is 4.59. The minimum atomic E-state index is -0.357. The van der Waals surface area contributed by atoms with Crippen LogP contribution in [-0.4, -0.2) is 37.6 Å². The third-order valence-electron chi connectivity index (χ3n) is 5.18. The van der Waals surface area contributed by atoms with Crippen molar-refractivity contribution in [2.45, 2.75) is 19.3 Å². The molecule has 26 heavy (non-hydrogen) atoms. The molecule has 2 aromatic rings. The Bertz CT molecular complexity index is 834. The predicted octanol–water partition coefficient (Wildman–Crippen LogP) is 2.79. The molecule has 5 nitrogen and oxygen atoms in total. The van der Waals surface area contributed by atoms with Crippen molar-refractivity contribution in [2.24, 2.45) is 5.92 Å². The number of halogens is 1. The average Bonchev–Trinajstić information content (AvgIpc) is 3.17. The number of carbonyl (C=O) groups is 1. The summed E-state index contributed by atoms with van der Waals surface area (Å²) in [4.78, 5) is 17.6. The third kappa shape index (κ3) is 3.29. The highest BCUT2D eigenvalue weighted by atomic mass is 19.1. The number of hydrogen-bond donors (Lipinski definition) is 1. The van der Waals surface area contributed by atoms with Crippen LogP contribution in [0.25, 0.3) is 11.1 Å². The Labute approximate surface area is 152 Å². The molecule has 136 valence electrons. The van der Waals surface area contributed by atoms with Crippen LogP contribution in [0.4, 0.5) is 10.1 Å². The summed E-state index contributed by atoms with van der Waals surface area (Å²) in [6.07, 6.45) is 5.50. The Balaban J connectivity index is 1.59. The van der Waals surface area contributed by atoms with Gasteiger partial charge in [-0.3, -0.25) is 9.78 Å². The van der Waals surface area contributed by atoms with E-state index in [1.807, 2.05) is 12.1 Å². The van der Waals surface area contributed by atoms with E-state index < -0.39 is 0 Å². The van der Waals surface area contributed by atoms with E-state index >= 15 is 0 Å². The van der Waals surface area contributed by atoms with Crippen molar-refractivity contribution in [2.75, 3.05) is 31.6 Å². The Hall–Kier alpha value is -2.47. The van der Waals surface area contributed by atoms with Crippen molar-refractivity contribution < 1.29 is 13.9 Å². The molecule has 1 aromatic carbocycles. The number of nitrogens with one attached hydrogen (secondary N) is 1. The van der Waals surface area contributed by atoms with Crippen LogP contribution in [0.1, 0.15) is 18.4 Å². The summed E-state index contributed by atoms with van der Waals surface area (Å²) in [6.45, 7) is 2.64. The lowest BCUT2D eigenvalue weighted by atomic mass is 9.96. The molecule has 0 saturated carbocycles. The lowest BCUT2D eigenvalue weighted by Crippen LogP contribution is -2.31. The van der Waals surface area contributed by atoms with Crippen LogP contribution < -0.4 is 15.0 Å². The molecule has 0 bridgehead atoms. The number of anilines is 1. The summed E-state index contributed by atoms with van der Waals surface area (Å²) < 4.78 is 20.6. The minimum absolute atomic E-state index is 0.0168. The van der Waals surface area contributed by atoms with Crippen molar-refractivity contribution in [1.29, 1.82) is 0 Å². The molecule has 6 heteroatoms. The van der Waals surface area contributed by atoms with Gasteiger partial charge in [0.25, 0.3) is 0 Å². The van der Waals surface area contributed by atoms with Gasteiger partial charge < -0.3 is 15.0 Å². The smallest absolute Gasteiger partial charge is 0.227 e. The number of amides is 1. The summed E-state index contributed by atoms with van der Waals surface area (Å²) in [5.74, 6) is 0.818. The number of aromatic nitrogens is 1. The number of rotatable bonds is 4. The largest absolute Gasteiger partial charge is 0.492 e. The van der Waals surface area contributed by atoms with Gasteiger partial charge in [0.2, 0.25) is 5.91 Å². The summed E-state index contributed by atoms with van der Waals surface area (Å²) in [5, 5.41) is 3.32. The zero-order valence-corrected chi connectivity index (χ0v) is 14.8. The van der Waals surface area contributed by atoms with Crippen LogP contribution in [0, 0.1) is 11.7 Å². The highest BCUT2D eigenvalue weighted by molar-refractivity contribution is 5.96. The fraction of sp³-hybridized carbons (Fsp3) is 0.400. The molecule has 3 heterocycles. The molecule has 1 aromatic heterocycles. The van der Waals surface area contributed by atoms with Crippen molar-refractivity contribution >= 4 is 11.6 Å². The van der Waals surface area contributed by atoms with Gasteiger partial charge in [0, 0.05) is 48.9 Å². The SMILES string of the molecule is CN1C(=O)CCc2cc(-c3cncc(OCC4CCNC4)c3)c(F)cc21. The van der Waals surface area contributed by atoms with Gasteiger partial charge in [-0.05, 0) is 43.1 Å². The Morgan fingerprint density at radius 3 is 3.00 bits per heavy atom. The summed E-state index contributed by atoms with van der Waals surface area (Å²) in [7, 11) is 1.69. The first kappa shape index (κ1) is 17.0. The first-order valence-electron chi connectivity index (χ1n) is 9.00. The number of hydrogen-bond acceptors (Lipinski definition) is 4. The lowest BCUT2D eigenvalue weighted by Gasteiger charge is -2.26. The van der Waals surface area contributed by atoms with E-state index in [9.17, 15) is 9.18 Å². The monoisotopic (exact) mass is 355 g/mol. The molecule has 1 amide bonds. The van der Waals surface area contributed by atoms with Gasteiger partial charge in [0.15, 0.2) is 0 Å². The van der Waals surface area contributed by atoms with Crippen LogP contribution in [-0.2, 0) is 11.2 Å². The van der Waals surface area contributed by atoms with Gasteiger partial charge in [0.1, 0.15) is 11.6 Å². The van der Waals surface area contributed by atoms with Crippen LogP contribution in [0.3, 0.4) is 0 Å². The number of carbonyl (C=O) groups excluding carboxylic acids is 1. The molecule has 1 saturated heterocycles. The molecule has 0 radical (unpaired) electrons. The van der Waals surface area contributed by atoms with Gasteiger partial charge in [-0.25, -0.2) is 4.39 Å². The van der Waals surface area contributed by atoms with E-state index in [-0.39, 0.29) is 11.7 Å². The number of ether oxygens (including phenoxy) is 1. The Morgan fingerprint density at radius 1 is 1.31 bits per heavy atom. The zero-order valence-electron chi connectivity index (χ0n) is 14.8. The van der Waals surface area contributed by atoms with Crippen LogP contribution >= 0.6 is 0 Å². The number of pyridine rings is 1. The molecule has 1 atom stereocenters. The van der Waals surface area contributed by atoms with Crippen LogP contribution in [0.2, 0.25) is 0 Å². The molecular formula is C20H22FN3O2. The molecule has 1 N–H and O–H groups in total. The summed E-state index contributed by atoms with van der Waals surface area (Å²) in [5.41, 5.74) is 2.81. The first-order chi connectivity index (χ1) is 12.6. The molecule has 0 aliphatic carbocycles. The van der Waals surface area contributed by atoms with Gasteiger partial charge in [-0.2, -0.15) is 0 Å². The maximum Gasteiger partial charge on any atom is 0.227 e. The second-order valence-corrected chi connectivity index (χ2v) is 6.99. The molecule has 4 rings (SSSR count). The molecule has 2 aliphatic rings. The standard InChI is InChI=1S/C20H22FN3O2/c1-24-19-8-18(21)17(7-14(19)2-3-20(24)25)15-6-16(11-23-10-15)26-12-13-4-5-22-9-13/h6-8,10-11,13,22H,2-5,9,12H2,1H3. The molecular weight excluding hydrogens is 333 g/mol. The predicted molar refractivity (Wildman–Crippen MR) is 97.8 cm³/mol. The quantitative estimate of drug-likeness (QED) is 0.916. The number of benzene rings is 1. The average molecular weight is 355 g/mol. The Morgan fingerprint density at radius 2 is 2.19 bits per heavy atom. The fourth-order valence-corrected chi connectivity index (χ4v) is 3.60. The maximum atomic E-state index is 14.7. The highest BCUT2D eigenvalue weighted by Crippen LogP contribution is 2.34. The fourth-order valence-electron chi connectivity index (χ4n) is 3.60. The third-order valence-corrected chi connectivity index (χ3v) is 5.18. The van der Waals surface area contributed by atoms with Gasteiger partial charge in [0.05, 0.1) is 12.8 Å². The number of aryl methyl sites for hydroxylation is 1. The molecule has 1 unspecified atom stereocenters. The van der Waals surface area contributed by atoms with Crippen molar-refractivity contribution in [3.05, 3.63) is 42.0 Å². The van der Waals surface area contributed by atoms with E-state index in [2.05, 4.69) is 10.3 Å². The van der Waals surface area contributed by atoms with Crippen molar-refractivity contribution in [3.63, 3.8) is 0 Å². The summed E-state index contributed by atoms with van der Waals surface area (Å²) >= 11 is 0. The molecule has 0 spiro atoms. The highest BCUT2D eigenvalue weighted by Gasteiger charge is 2.23. The second-order valence-electron chi connectivity index (χ2n) is 6.99. The topological polar surface area (TPSA) is 54.5 Å². The van der Waals surface area contributed by atoms with E-state index in [1.165, 1.54) is 11.0 Å². The van der Waals surface area contributed by atoms with Crippen LogP contribution in [0.5, 0.6) is 5.75 Å². The van der Waals surface area contributed by atoms with Gasteiger partial charge in [-0.1, -0.05) is 0 Å². The lowest BCUT2D eigenvalue weighted by molar-refractivity contribution is -0.118. The van der Waals surface area contributed by atoms with Gasteiger partial charge >= 0.3 is 0 Å². The maximum absolute atomic E-state index is 14.7. The molecule has 1 fully saturated rings. The van der Waals surface area contributed by atoms with E-state index in [4.69, 9.17) is 4.74 Å². The van der Waals surface area contributed by atoms with Crippen molar-refractivity contribution in [1.82, 2.24) is 10.3 Å².